The van der Waals surface area contributed by atoms with Crippen LogP contribution in [0.15, 0.2) is 54.7 Å². The van der Waals surface area contributed by atoms with Crippen LogP contribution in [0.3, 0.4) is 0 Å². The standard InChI is InChI=1S/C20H21N3O2/c1-20(2,3)25-19(24)22-13-16-11-18-15(12-21-16)9-10-17(23-18)14-7-5-4-6-8-14/h4-12H,13H2,1-3H3,(H,22,24). The third kappa shape index (κ3) is 4.53. The summed E-state index contributed by atoms with van der Waals surface area (Å²) in [5.41, 5.74) is 3.03. The van der Waals surface area contributed by atoms with E-state index < -0.39 is 11.7 Å². The zero-order valence-electron chi connectivity index (χ0n) is 14.6. The molecule has 0 aliphatic carbocycles. The lowest BCUT2D eigenvalue weighted by atomic mass is 10.1. The first kappa shape index (κ1) is 16.9. The van der Waals surface area contributed by atoms with Gasteiger partial charge < -0.3 is 10.1 Å². The molecule has 2 aromatic heterocycles. The summed E-state index contributed by atoms with van der Waals surface area (Å²) in [4.78, 5) is 20.8. The van der Waals surface area contributed by atoms with Crippen LogP contribution in [0.5, 0.6) is 0 Å². The molecule has 0 fully saturated rings. The van der Waals surface area contributed by atoms with Crippen LogP contribution in [0.2, 0.25) is 0 Å². The van der Waals surface area contributed by atoms with Gasteiger partial charge >= 0.3 is 6.09 Å². The molecule has 0 aliphatic rings. The Bertz CT molecular complexity index is 886. The highest BCUT2D eigenvalue weighted by Crippen LogP contribution is 2.20. The average molecular weight is 335 g/mol. The lowest BCUT2D eigenvalue weighted by molar-refractivity contribution is 0.0523. The molecule has 2 heterocycles. The second-order valence-corrected chi connectivity index (χ2v) is 6.79. The van der Waals surface area contributed by atoms with Crippen LogP contribution in [0, 0.1) is 0 Å². The van der Waals surface area contributed by atoms with Gasteiger partial charge in [0.2, 0.25) is 0 Å². The number of alkyl carbamates (subject to hydrolysis) is 1. The molecule has 0 radical (unpaired) electrons. The van der Waals surface area contributed by atoms with Gasteiger partial charge in [0.1, 0.15) is 5.60 Å². The van der Waals surface area contributed by atoms with Crippen LogP contribution in [0.25, 0.3) is 22.2 Å². The van der Waals surface area contributed by atoms with Gasteiger partial charge in [0, 0.05) is 17.1 Å². The van der Waals surface area contributed by atoms with Crippen molar-refractivity contribution in [2.24, 2.45) is 0 Å². The highest BCUT2D eigenvalue weighted by Gasteiger charge is 2.15. The fraction of sp³-hybridized carbons (Fsp3) is 0.250. The van der Waals surface area contributed by atoms with Gasteiger partial charge in [0.25, 0.3) is 0 Å². The van der Waals surface area contributed by atoms with Gasteiger partial charge in [-0.25, -0.2) is 9.78 Å². The Balaban J connectivity index is 1.78. The van der Waals surface area contributed by atoms with Crippen LogP contribution in [0.1, 0.15) is 26.5 Å². The topological polar surface area (TPSA) is 64.1 Å². The number of aromatic nitrogens is 2. The SMILES string of the molecule is CC(C)(C)OC(=O)NCc1cc2nc(-c3ccccc3)ccc2cn1. The van der Waals surface area contributed by atoms with Gasteiger partial charge in [-0.1, -0.05) is 30.3 Å². The Kier molecular flexibility index (Phi) is 4.65. The van der Waals surface area contributed by atoms with Gasteiger partial charge in [-0.15, -0.1) is 0 Å². The number of benzene rings is 1. The first-order chi connectivity index (χ1) is 11.9. The van der Waals surface area contributed by atoms with E-state index in [1.165, 1.54) is 0 Å². The normalized spacial score (nSPS) is 11.3. The molecule has 3 rings (SSSR count). The second kappa shape index (κ2) is 6.89. The molecule has 0 atom stereocenters. The van der Waals surface area contributed by atoms with Crippen molar-refractivity contribution in [1.82, 2.24) is 15.3 Å². The predicted octanol–water partition coefficient (Wildman–Crippen LogP) is 4.32. The number of pyridine rings is 2. The zero-order valence-corrected chi connectivity index (χ0v) is 14.6. The van der Waals surface area contributed by atoms with Crippen LogP contribution < -0.4 is 5.32 Å². The maximum absolute atomic E-state index is 11.8. The second-order valence-electron chi connectivity index (χ2n) is 6.79. The van der Waals surface area contributed by atoms with Crippen molar-refractivity contribution in [1.29, 1.82) is 0 Å². The van der Waals surface area contributed by atoms with Crippen molar-refractivity contribution in [3.63, 3.8) is 0 Å². The van der Waals surface area contributed by atoms with E-state index in [2.05, 4.69) is 10.3 Å². The number of hydrogen-bond donors (Lipinski definition) is 1. The zero-order chi connectivity index (χ0) is 17.9. The molecule has 5 nitrogen and oxygen atoms in total. The van der Waals surface area contributed by atoms with Gasteiger partial charge in [-0.05, 0) is 39.0 Å². The molecular weight excluding hydrogens is 314 g/mol. The first-order valence-corrected chi connectivity index (χ1v) is 8.19. The summed E-state index contributed by atoms with van der Waals surface area (Å²) >= 11 is 0. The smallest absolute Gasteiger partial charge is 0.407 e. The minimum atomic E-state index is -0.521. The summed E-state index contributed by atoms with van der Waals surface area (Å²) in [6, 6.07) is 15.9. The molecule has 25 heavy (non-hydrogen) atoms. The Hall–Kier alpha value is -2.95. The number of nitrogens with zero attached hydrogens (tertiary/aromatic N) is 2. The monoisotopic (exact) mass is 335 g/mol. The number of rotatable bonds is 3. The summed E-state index contributed by atoms with van der Waals surface area (Å²) in [6.45, 7) is 5.78. The van der Waals surface area contributed by atoms with E-state index in [1.54, 1.807) is 6.20 Å². The molecule has 1 aromatic carbocycles. The fourth-order valence-electron chi connectivity index (χ4n) is 2.40. The van der Waals surface area contributed by atoms with E-state index in [4.69, 9.17) is 9.72 Å². The molecule has 0 bridgehead atoms. The molecule has 0 saturated carbocycles. The maximum Gasteiger partial charge on any atom is 0.407 e. The lowest BCUT2D eigenvalue weighted by Gasteiger charge is -2.19. The summed E-state index contributed by atoms with van der Waals surface area (Å²) < 4.78 is 5.23. The van der Waals surface area contributed by atoms with Gasteiger partial charge in [-0.2, -0.15) is 0 Å². The number of nitrogens with one attached hydrogen (secondary N) is 1. The van der Waals surface area contributed by atoms with E-state index in [9.17, 15) is 4.79 Å². The lowest BCUT2D eigenvalue weighted by Crippen LogP contribution is -2.32. The van der Waals surface area contributed by atoms with Gasteiger partial charge in [0.05, 0.1) is 23.4 Å². The number of amides is 1. The van der Waals surface area contributed by atoms with Crippen molar-refractivity contribution in [3.8, 4) is 11.3 Å². The Labute approximate surface area is 147 Å². The molecule has 0 spiro atoms. The van der Waals surface area contributed by atoms with Crippen molar-refractivity contribution in [2.45, 2.75) is 32.9 Å². The molecule has 3 aromatic rings. The Morgan fingerprint density at radius 2 is 1.88 bits per heavy atom. The largest absolute Gasteiger partial charge is 0.444 e. The van der Waals surface area contributed by atoms with Crippen LogP contribution in [-0.2, 0) is 11.3 Å². The third-order valence-electron chi connectivity index (χ3n) is 3.51. The summed E-state index contributed by atoms with van der Waals surface area (Å²) in [7, 11) is 0. The summed E-state index contributed by atoms with van der Waals surface area (Å²) in [5.74, 6) is 0. The average Bonchev–Trinajstić information content (AvgIpc) is 2.58. The summed E-state index contributed by atoms with van der Waals surface area (Å²) in [5, 5.41) is 3.67. The fourth-order valence-corrected chi connectivity index (χ4v) is 2.40. The van der Waals surface area contributed by atoms with Crippen LogP contribution in [-0.4, -0.2) is 21.7 Å². The number of carbonyl (C=O) groups excluding carboxylic acids is 1. The Morgan fingerprint density at radius 1 is 1.12 bits per heavy atom. The summed E-state index contributed by atoms with van der Waals surface area (Å²) in [6.07, 6.45) is 1.31. The number of ether oxygens (including phenoxy) is 1. The van der Waals surface area contributed by atoms with Crippen molar-refractivity contribution in [2.75, 3.05) is 0 Å². The quantitative estimate of drug-likeness (QED) is 0.774. The van der Waals surface area contributed by atoms with E-state index in [0.717, 1.165) is 27.9 Å². The molecule has 128 valence electrons. The van der Waals surface area contributed by atoms with Crippen molar-refractivity contribution in [3.05, 3.63) is 60.4 Å². The number of hydrogen-bond acceptors (Lipinski definition) is 4. The predicted molar refractivity (Wildman–Crippen MR) is 98.0 cm³/mol. The van der Waals surface area contributed by atoms with Gasteiger partial charge in [-0.3, -0.25) is 4.98 Å². The molecule has 5 heteroatoms. The first-order valence-electron chi connectivity index (χ1n) is 8.19. The van der Waals surface area contributed by atoms with E-state index >= 15 is 0 Å². The minimum absolute atomic E-state index is 0.294. The highest BCUT2D eigenvalue weighted by atomic mass is 16.6. The van der Waals surface area contributed by atoms with Crippen molar-refractivity contribution >= 4 is 17.0 Å². The molecule has 1 N–H and O–H groups in total. The van der Waals surface area contributed by atoms with E-state index in [1.807, 2.05) is 69.3 Å². The molecule has 0 aliphatic heterocycles. The number of fused-ring (bicyclic) bond motifs is 1. The number of carbonyl (C=O) groups is 1. The molecule has 1 amide bonds. The van der Waals surface area contributed by atoms with Gasteiger partial charge in [0.15, 0.2) is 0 Å². The third-order valence-corrected chi connectivity index (χ3v) is 3.51. The van der Waals surface area contributed by atoms with E-state index in [0.29, 0.717) is 6.54 Å². The molecule has 0 unspecified atom stereocenters. The Morgan fingerprint density at radius 3 is 2.60 bits per heavy atom. The van der Waals surface area contributed by atoms with Crippen LogP contribution >= 0.6 is 0 Å². The van der Waals surface area contributed by atoms with E-state index in [-0.39, 0.29) is 0 Å². The van der Waals surface area contributed by atoms with Crippen LogP contribution in [0.4, 0.5) is 4.79 Å². The molecular formula is C20H21N3O2. The highest BCUT2D eigenvalue weighted by molar-refractivity contribution is 5.81. The molecule has 0 saturated heterocycles. The van der Waals surface area contributed by atoms with Crippen molar-refractivity contribution < 1.29 is 9.53 Å². The minimum Gasteiger partial charge on any atom is -0.444 e. The maximum atomic E-state index is 11.8.